The first kappa shape index (κ1) is 13.1. The fraction of sp³-hybridized carbons (Fsp3) is 0.111. The fourth-order valence-corrected chi connectivity index (χ4v) is 2.66. The third-order valence-electron chi connectivity index (χ3n) is 3.41. The van der Waals surface area contributed by atoms with Gasteiger partial charge in [0.05, 0.1) is 0 Å². The maximum Gasteiger partial charge on any atom is 0.0400 e. The van der Waals surface area contributed by atoms with Crippen LogP contribution in [0.15, 0.2) is 71.6 Å². The van der Waals surface area contributed by atoms with E-state index in [-0.39, 0.29) is 0 Å². The molecular formula is C18H17NS. The molecule has 0 aliphatic heterocycles. The minimum atomic E-state index is 0.854. The van der Waals surface area contributed by atoms with Crippen LogP contribution >= 0.6 is 11.8 Å². The van der Waals surface area contributed by atoms with Crippen molar-refractivity contribution < 1.29 is 0 Å². The van der Waals surface area contributed by atoms with Crippen LogP contribution in [0, 0.1) is 0 Å². The summed E-state index contributed by atoms with van der Waals surface area (Å²) < 4.78 is 0. The Morgan fingerprint density at radius 3 is 2.35 bits per heavy atom. The first-order valence-electron chi connectivity index (χ1n) is 6.71. The van der Waals surface area contributed by atoms with Gasteiger partial charge in [-0.15, -0.1) is 11.8 Å². The summed E-state index contributed by atoms with van der Waals surface area (Å²) in [7, 11) is 0. The van der Waals surface area contributed by atoms with Crippen LogP contribution < -0.4 is 5.32 Å². The molecule has 3 rings (SSSR count). The van der Waals surface area contributed by atoms with Gasteiger partial charge in [0.15, 0.2) is 0 Å². The number of nitrogens with one attached hydrogen (secondary N) is 1. The van der Waals surface area contributed by atoms with Crippen molar-refractivity contribution in [2.45, 2.75) is 11.4 Å². The Bertz CT molecular complexity index is 704. The number of benzene rings is 3. The van der Waals surface area contributed by atoms with Crippen LogP contribution in [-0.2, 0) is 6.54 Å². The van der Waals surface area contributed by atoms with E-state index in [4.69, 9.17) is 0 Å². The van der Waals surface area contributed by atoms with Gasteiger partial charge in [0.25, 0.3) is 0 Å². The topological polar surface area (TPSA) is 12.0 Å². The number of hydrogen-bond acceptors (Lipinski definition) is 2. The second kappa shape index (κ2) is 6.02. The van der Waals surface area contributed by atoms with Crippen molar-refractivity contribution in [2.24, 2.45) is 0 Å². The van der Waals surface area contributed by atoms with E-state index < -0.39 is 0 Å². The van der Waals surface area contributed by atoms with E-state index in [0.29, 0.717) is 0 Å². The molecule has 0 saturated carbocycles. The van der Waals surface area contributed by atoms with Crippen molar-refractivity contribution in [1.82, 2.24) is 0 Å². The average Bonchev–Trinajstić information content (AvgIpc) is 2.53. The summed E-state index contributed by atoms with van der Waals surface area (Å²) in [5.74, 6) is 0. The highest BCUT2D eigenvalue weighted by atomic mass is 32.2. The molecule has 0 spiro atoms. The molecular weight excluding hydrogens is 262 g/mol. The van der Waals surface area contributed by atoms with E-state index in [1.54, 1.807) is 11.8 Å². The summed E-state index contributed by atoms with van der Waals surface area (Å²) in [5, 5.41) is 6.04. The fourth-order valence-electron chi connectivity index (χ4n) is 2.25. The zero-order valence-corrected chi connectivity index (χ0v) is 12.3. The van der Waals surface area contributed by atoms with E-state index in [1.165, 1.54) is 21.2 Å². The lowest BCUT2D eigenvalue weighted by Gasteiger charge is -2.08. The normalized spacial score (nSPS) is 10.7. The van der Waals surface area contributed by atoms with E-state index in [9.17, 15) is 0 Å². The molecule has 0 saturated heterocycles. The molecule has 0 atom stereocenters. The van der Waals surface area contributed by atoms with Crippen molar-refractivity contribution in [3.8, 4) is 0 Å². The van der Waals surface area contributed by atoms with Crippen molar-refractivity contribution in [3.63, 3.8) is 0 Å². The minimum Gasteiger partial charge on any atom is -0.381 e. The zero-order valence-electron chi connectivity index (χ0n) is 11.5. The molecule has 0 radical (unpaired) electrons. The molecule has 0 aromatic heterocycles. The molecule has 0 aliphatic rings. The van der Waals surface area contributed by atoms with E-state index in [0.717, 1.165) is 12.2 Å². The summed E-state index contributed by atoms with van der Waals surface area (Å²) in [4.78, 5) is 1.31. The van der Waals surface area contributed by atoms with E-state index >= 15 is 0 Å². The predicted molar refractivity (Wildman–Crippen MR) is 89.5 cm³/mol. The summed E-state index contributed by atoms with van der Waals surface area (Å²) >= 11 is 1.77. The molecule has 3 aromatic carbocycles. The van der Waals surface area contributed by atoms with Crippen LogP contribution in [0.25, 0.3) is 10.8 Å². The Morgan fingerprint density at radius 1 is 0.850 bits per heavy atom. The minimum absolute atomic E-state index is 0.854. The van der Waals surface area contributed by atoms with Gasteiger partial charge in [-0.1, -0.05) is 42.5 Å². The third-order valence-corrected chi connectivity index (χ3v) is 4.15. The smallest absolute Gasteiger partial charge is 0.0400 e. The maximum atomic E-state index is 3.48. The van der Waals surface area contributed by atoms with Gasteiger partial charge >= 0.3 is 0 Å². The van der Waals surface area contributed by atoms with Crippen LogP contribution in [0.2, 0.25) is 0 Å². The summed E-state index contributed by atoms with van der Waals surface area (Å²) in [6.07, 6.45) is 2.10. The lowest BCUT2D eigenvalue weighted by Crippen LogP contribution is -1.98. The monoisotopic (exact) mass is 279 g/mol. The first-order valence-corrected chi connectivity index (χ1v) is 7.93. The quantitative estimate of drug-likeness (QED) is 0.661. The van der Waals surface area contributed by atoms with E-state index in [1.807, 2.05) is 0 Å². The van der Waals surface area contributed by atoms with Gasteiger partial charge in [-0.25, -0.2) is 0 Å². The van der Waals surface area contributed by atoms with Gasteiger partial charge in [-0.2, -0.15) is 0 Å². The van der Waals surface area contributed by atoms with Crippen LogP contribution in [0.4, 0.5) is 5.69 Å². The summed E-state index contributed by atoms with van der Waals surface area (Å²) in [6.45, 7) is 0.854. The Hall–Kier alpha value is -1.93. The predicted octanol–water partition coefficient (Wildman–Crippen LogP) is 5.17. The molecule has 1 N–H and O–H groups in total. The Balaban J connectivity index is 1.72. The van der Waals surface area contributed by atoms with Gasteiger partial charge in [-0.05, 0) is 46.9 Å². The van der Waals surface area contributed by atoms with Crippen molar-refractivity contribution in [3.05, 3.63) is 72.3 Å². The van der Waals surface area contributed by atoms with Crippen LogP contribution in [0.5, 0.6) is 0 Å². The molecule has 0 heterocycles. The molecule has 2 heteroatoms. The van der Waals surface area contributed by atoms with Gasteiger partial charge in [0, 0.05) is 17.1 Å². The van der Waals surface area contributed by atoms with Crippen LogP contribution in [0.1, 0.15) is 5.56 Å². The van der Waals surface area contributed by atoms with Crippen molar-refractivity contribution in [1.29, 1.82) is 0 Å². The molecule has 0 bridgehead atoms. The first-order chi connectivity index (χ1) is 9.85. The third kappa shape index (κ3) is 2.97. The number of hydrogen-bond donors (Lipinski definition) is 1. The zero-order chi connectivity index (χ0) is 13.8. The Morgan fingerprint density at radius 2 is 1.60 bits per heavy atom. The van der Waals surface area contributed by atoms with Crippen LogP contribution in [0.3, 0.4) is 0 Å². The molecule has 20 heavy (non-hydrogen) atoms. The number of rotatable bonds is 4. The molecule has 0 fully saturated rings. The average molecular weight is 279 g/mol. The highest BCUT2D eigenvalue weighted by Gasteiger charge is 1.97. The molecule has 1 nitrogen and oxygen atoms in total. The van der Waals surface area contributed by atoms with Crippen LogP contribution in [-0.4, -0.2) is 6.26 Å². The number of anilines is 1. The van der Waals surface area contributed by atoms with Crippen molar-refractivity contribution >= 4 is 28.2 Å². The Kier molecular flexibility index (Phi) is 3.93. The van der Waals surface area contributed by atoms with E-state index in [2.05, 4.69) is 78.3 Å². The van der Waals surface area contributed by atoms with Gasteiger partial charge < -0.3 is 5.32 Å². The van der Waals surface area contributed by atoms with Crippen molar-refractivity contribution in [2.75, 3.05) is 11.6 Å². The molecule has 3 aromatic rings. The number of thioether (sulfide) groups is 1. The standard InChI is InChI=1S/C18H17NS/c1-20-18-10-6-14(7-11-18)13-19-17-9-8-15-4-2-3-5-16(15)12-17/h2-12,19H,13H2,1H3. The molecule has 100 valence electrons. The van der Waals surface area contributed by atoms with Gasteiger partial charge in [0.2, 0.25) is 0 Å². The highest BCUT2D eigenvalue weighted by Crippen LogP contribution is 2.20. The Labute approximate surface area is 124 Å². The lowest BCUT2D eigenvalue weighted by molar-refractivity contribution is 1.14. The highest BCUT2D eigenvalue weighted by molar-refractivity contribution is 7.98. The molecule has 0 unspecified atom stereocenters. The summed E-state index contributed by atoms with van der Waals surface area (Å²) in [6, 6.07) is 23.6. The number of fused-ring (bicyclic) bond motifs is 1. The second-order valence-electron chi connectivity index (χ2n) is 4.76. The molecule has 0 aliphatic carbocycles. The largest absolute Gasteiger partial charge is 0.381 e. The van der Waals surface area contributed by atoms with Gasteiger partial charge in [0.1, 0.15) is 0 Å². The lowest BCUT2D eigenvalue weighted by atomic mass is 10.1. The molecule has 0 amide bonds. The SMILES string of the molecule is CSc1ccc(CNc2ccc3ccccc3c2)cc1. The second-order valence-corrected chi connectivity index (χ2v) is 5.64. The summed E-state index contributed by atoms with van der Waals surface area (Å²) in [5.41, 5.74) is 2.47. The van der Waals surface area contributed by atoms with Gasteiger partial charge in [-0.3, -0.25) is 0 Å². The maximum absolute atomic E-state index is 3.48.